The summed E-state index contributed by atoms with van der Waals surface area (Å²) in [6.07, 6.45) is 0.823. The van der Waals surface area contributed by atoms with E-state index < -0.39 is 0 Å². The number of nitrogens with one attached hydrogen (secondary N) is 1. The fraction of sp³-hybridized carbons (Fsp3) is 0.368. The number of rotatable bonds is 4. The summed E-state index contributed by atoms with van der Waals surface area (Å²) in [7, 11) is 0. The van der Waals surface area contributed by atoms with Crippen LogP contribution in [-0.4, -0.2) is 58.3 Å². The summed E-state index contributed by atoms with van der Waals surface area (Å²) in [5.74, 6) is 0.280. The Kier molecular flexibility index (Phi) is 5.16. The average molecular weight is 353 g/mol. The molecule has 7 heteroatoms. The Morgan fingerprint density at radius 1 is 1.08 bits per heavy atom. The molecule has 0 aliphatic carbocycles. The van der Waals surface area contributed by atoms with E-state index in [1.54, 1.807) is 15.9 Å². The highest BCUT2D eigenvalue weighted by molar-refractivity contribution is 5.93. The van der Waals surface area contributed by atoms with Crippen molar-refractivity contribution in [2.75, 3.05) is 31.5 Å². The molecule has 1 N–H and O–H groups in total. The summed E-state index contributed by atoms with van der Waals surface area (Å²) < 4.78 is 0. The van der Waals surface area contributed by atoms with Crippen LogP contribution in [0.3, 0.4) is 0 Å². The zero-order valence-corrected chi connectivity index (χ0v) is 15.3. The molecular weight excluding hydrogens is 330 g/mol. The lowest BCUT2D eigenvalue weighted by Gasteiger charge is -2.32. The van der Waals surface area contributed by atoms with Crippen molar-refractivity contribution < 1.29 is 9.59 Å². The lowest BCUT2D eigenvalue weighted by atomic mass is 10.1. The zero-order valence-electron chi connectivity index (χ0n) is 15.3. The van der Waals surface area contributed by atoms with Gasteiger partial charge in [-0.2, -0.15) is 0 Å². The predicted molar refractivity (Wildman–Crippen MR) is 99.5 cm³/mol. The molecule has 0 unspecified atom stereocenters. The van der Waals surface area contributed by atoms with Crippen LogP contribution in [0.1, 0.15) is 27.3 Å². The molecule has 0 radical (unpaired) electrons. The summed E-state index contributed by atoms with van der Waals surface area (Å²) in [5, 5.41) is 3.25. The van der Waals surface area contributed by atoms with Gasteiger partial charge in [0.15, 0.2) is 0 Å². The molecule has 1 saturated heterocycles. The van der Waals surface area contributed by atoms with Crippen LogP contribution in [0.25, 0.3) is 0 Å². The Morgan fingerprint density at radius 2 is 1.73 bits per heavy atom. The van der Waals surface area contributed by atoms with E-state index in [1.807, 2.05) is 39.0 Å². The van der Waals surface area contributed by atoms with Gasteiger partial charge in [0, 0.05) is 37.6 Å². The molecule has 1 fully saturated rings. The molecular formula is C19H23N5O2. The summed E-state index contributed by atoms with van der Waals surface area (Å²) in [6.45, 7) is 8.01. The summed E-state index contributed by atoms with van der Waals surface area (Å²) in [4.78, 5) is 35.8. The van der Waals surface area contributed by atoms with E-state index in [-0.39, 0.29) is 5.91 Å². The molecule has 0 atom stereocenters. The predicted octanol–water partition coefficient (Wildman–Crippen LogP) is 2.06. The van der Waals surface area contributed by atoms with Gasteiger partial charge in [-0.1, -0.05) is 18.2 Å². The highest BCUT2D eigenvalue weighted by Crippen LogP contribution is 2.23. The molecule has 1 aromatic heterocycles. The average Bonchev–Trinajstić information content (AvgIpc) is 2.64. The first-order valence-electron chi connectivity index (χ1n) is 8.65. The third-order valence-corrected chi connectivity index (χ3v) is 4.54. The highest BCUT2D eigenvalue weighted by Gasteiger charge is 2.23. The number of para-hydroxylation sites is 1. The first kappa shape index (κ1) is 17.8. The molecule has 136 valence electrons. The Balaban J connectivity index is 1.81. The summed E-state index contributed by atoms with van der Waals surface area (Å²) >= 11 is 0. The van der Waals surface area contributed by atoms with Crippen molar-refractivity contribution in [3.8, 4) is 0 Å². The third-order valence-electron chi connectivity index (χ3n) is 4.54. The van der Waals surface area contributed by atoms with Crippen LogP contribution in [0, 0.1) is 20.8 Å². The number of hydrogen-bond acceptors (Lipinski definition) is 5. The van der Waals surface area contributed by atoms with Crippen molar-refractivity contribution in [3.05, 3.63) is 46.8 Å². The van der Waals surface area contributed by atoms with Gasteiger partial charge < -0.3 is 15.1 Å². The van der Waals surface area contributed by atoms with E-state index in [2.05, 4.69) is 15.3 Å². The third kappa shape index (κ3) is 3.82. The summed E-state index contributed by atoms with van der Waals surface area (Å²) in [5.41, 5.74) is 4.23. The first-order chi connectivity index (χ1) is 12.5. The van der Waals surface area contributed by atoms with Crippen LogP contribution < -0.4 is 5.32 Å². The molecule has 3 rings (SSSR count). The number of benzene rings is 1. The lowest BCUT2D eigenvalue weighted by Crippen LogP contribution is -2.48. The van der Waals surface area contributed by atoms with Crippen LogP contribution >= 0.6 is 0 Å². The standard InChI is InChI=1S/C19H23N5O2/c1-13-5-4-6-14(2)17(13)22-19-20-15(3)11-16(21-19)18(26)24-9-7-23(12-25)8-10-24/h4-6,11-12H,7-10H2,1-3H3,(H,20,21,22). The fourth-order valence-electron chi connectivity index (χ4n) is 3.05. The zero-order chi connectivity index (χ0) is 18.7. The smallest absolute Gasteiger partial charge is 0.272 e. The molecule has 1 aliphatic rings. The SMILES string of the molecule is Cc1cc(C(=O)N2CCN(C=O)CC2)nc(Nc2c(C)cccc2C)n1. The van der Waals surface area contributed by atoms with E-state index in [1.165, 1.54) is 0 Å². The Bertz CT molecular complexity index is 808. The normalized spacial score (nSPS) is 14.3. The number of aryl methyl sites for hydroxylation is 3. The summed E-state index contributed by atoms with van der Waals surface area (Å²) in [6, 6.07) is 7.73. The molecule has 7 nitrogen and oxygen atoms in total. The Hall–Kier alpha value is -2.96. The minimum absolute atomic E-state index is 0.134. The second kappa shape index (κ2) is 7.51. The quantitative estimate of drug-likeness (QED) is 0.851. The van der Waals surface area contributed by atoms with Gasteiger partial charge in [-0.25, -0.2) is 9.97 Å². The second-order valence-electron chi connectivity index (χ2n) is 6.54. The van der Waals surface area contributed by atoms with Gasteiger partial charge in [0.1, 0.15) is 5.69 Å². The topological polar surface area (TPSA) is 78.4 Å². The van der Waals surface area contributed by atoms with Gasteiger partial charge in [0.25, 0.3) is 5.91 Å². The van der Waals surface area contributed by atoms with Gasteiger partial charge in [-0.05, 0) is 38.0 Å². The monoisotopic (exact) mass is 353 g/mol. The van der Waals surface area contributed by atoms with Crippen LogP contribution in [-0.2, 0) is 4.79 Å². The number of aromatic nitrogens is 2. The number of carbonyl (C=O) groups excluding carboxylic acids is 2. The van der Waals surface area contributed by atoms with Crippen molar-refractivity contribution in [2.24, 2.45) is 0 Å². The van der Waals surface area contributed by atoms with Crippen molar-refractivity contribution >= 4 is 24.0 Å². The molecule has 0 saturated carbocycles. The van der Waals surface area contributed by atoms with Gasteiger partial charge >= 0.3 is 0 Å². The van der Waals surface area contributed by atoms with Crippen LogP contribution in [0.5, 0.6) is 0 Å². The number of hydrogen-bond donors (Lipinski definition) is 1. The maximum Gasteiger partial charge on any atom is 0.272 e. The maximum atomic E-state index is 12.8. The van der Waals surface area contributed by atoms with Gasteiger partial charge in [0.05, 0.1) is 0 Å². The van der Waals surface area contributed by atoms with E-state index in [9.17, 15) is 9.59 Å². The molecule has 26 heavy (non-hydrogen) atoms. The molecule has 2 aromatic rings. The number of carbonyl (C=O) groups is 2. The molecule has 1 aromatic carbocycles. The molecule has 1 aliphatic heterocycles. The van der Waals surface area contributed by atoms with Crippen LogP contribution in [0.4, 0.5) is 11.6 Å². The van der Waals surface area contributed by atoms with Crippen molar-refractivity contribution in [3.63, 3.8) is 0 Å². The van der Waals surface area contributed by atoms with Crippen LogP contribution in [0.15, 0.2) is 24.3 Å². The maximum absolute atomic E-state index is 12.8. The van der Waals surface area contributed by atoms with Crippen molar-refractivity contribution in [1.29, 1.82) is 0 Å². The number of piperazine rings is 1. The number of amides is 2. The molecule has 2 amide bonds. The lowest BCUT2D eigenvalue weighted by molar-refractivity contribution is -0.119. The van der Waals surface area contributed by atoms with Gasteiger partial charge in [-0.15, -0.1) is 0 Å². The van der Waals surface area contributed by atoms with Gasteiger partial charge in [-0.3, -0.25) is 9.59 Å². The first-order valence-corrected chi connectivity index (χ1v) is 8.65. The second-order valence-corrected chi connectivity index (χ2v) is 6.54. The van der Waals surface area contributed by atoms with E-state index in [0.29, 0.717) is 37.8 Å². The van der Waals surface area contributed by atoms with E-state index in [0.717, 1.165) is 28.9 Å². The largest absolute Gasteiger partial charge is 0.342 e. The highest BCUT2D eigenvalue weighted by atomic mass is 16.2. The van der Waals surface area contributed by atoms with Crippen molar-refractivity contribution in [2.45, 2.75) is 20.8 Å². The molecule has 2 heterocycles. The Morgan fingerprint density at radius 3 is 2.35 bits per heavy atom. The number of anilines is 2. The fourth-order valence-corrected chi connectivity index (χ4v) is 3.05. The number of nitrogens with zero attached hydrogens (tertiary/aromatic N) is 4. The minimum Gasteiger partial charge on any atom is -0.342 e. The minimum atomic E-state index is -0.134. The molecule has 0 bridgehead atoms. The molecule has 0 spiro atoms. The van der Waals surface area contributed by atoms with E-state index >= 15 is 0 Å². The van der Waals surface area contributed by atoms with Crippen LogP contribution in [0.2, 0.25) is 0 Å². The van der Waals surface area contributed by atoms with Crippen molar-refractivity contribution in [1.82, 2.24) is 19.8 Å². The van der Waals surface area contributed by atoms with E-state index in [4.69, 9.17) is 0 Å². The Labute approximate surface area is 153 Å². The van der Waals surface area contributed by atoms with Gasteiger partial charge in [0.2, 0.25) is 12.4 Å².